The summed E-state index contributed by atoms with van der Waals surface area (Å²) in [6.45, 7) is 1.60. The molecule has 0 spiro atoms. The second kappa shape index (κ2) is 8.32. The van der Waals surface area contributed by atoms with Crippen molar-refractivity contribution in [2.45, 2.75) is 51.4 Å². The minimum atomic E-state index is -0.857. The number of allylic oxidation sites excluding steroid dienone is 1. The van der Waals surface area contributed by atoms with Gasteiger partial charge in [0.05, 0.1) is 5.56 Å². The number of benzene rings is 1. The highest BCUT2D eigenvalue weighted by atomic mass is 16.4. The van der Waals surface area contributed by atoms with E-state index in [0.717, 1.165) is 50.8 Å². The van der Waals surface area contributed by atoms with Gasteiger partial charge in [-0.15, -0.1) is 0 Å². The molecule has 0 radical (unpaired) electrons. The molecule has 1 amide bonds. The number of carbonyl (C=O) groups excluding carboxylic acids is 1. The molecule has 1 aliphatic heterocycles. The van der Waals surface area contributed by atoms with Crippen LogP contribution in [0.2, 0.25) is 0 Å². The quantitative estimate of drug-likeness (QED) is 0.822. The van der Waals surface area contributed by atoms with E-state index >= 15 is 0 Å². The molecule has 1 aromatic carbocycles. The highest BCUT2D eigenvalue weighted by Gasteiger charge is 2.24. The molecular weight excluding hydrogens is 314 g/mol. The molecule has 4 heteroatoms. The lowest BCUT2D eigenvalue weighted by molar-refractivity contribution is -0.131. The number of amides is 1. The number of piperidine rings is 1. The van der Waals surface area contributed by atoms with Gasteiger partial charge in [0.15, 0.2) is 0 Å². The van der Waals surface area contributed by atoms with E-state index in [1.165, 1.54) is 18.4 Å². The van der Waals surface area contributed by atoms with Gasteiger partial charge in [0, 0.05) is 19.5 Å². The van der Waals surface area contributed by atoms with E-state index in [-0.39, 0.29) is 5.91 Å². The lowest BCUT2D eigenvalue weighted by Gasteiger charge is -2.32. The number of likely N-dealkylation sites (tertiary alicyclic amines) is 1. The molecule has 1 saturated heterocycles. The Morgan fingerprint density at radius 1 is 1.12 bits per heavy atom. The van der Waals surface area contributed by atoms with Gasteiger partial charge < -0.3 is 10.0 Å². The van der Waals surface area contributed by atoms with Crippen LogP contribution in [0.5, 0.6) is 0 Å². The maximum Gasteiger partial charge on any atom is 0.335 e. The summed E-state index contributed by atoms with van der Waals surface area (Å²) in [5.41, 5.74) is 2.63. The van der Waals surface area contributed by atoms with Crippen LogP contribution in [0.1, 0.15) is 60.9 Å². The van der Waals surface area contributed by atoms with Crippen LogP contribution in [-0.4, -0.2) is 35.0 Å². The van der Waals surface area contributed by atoms with Gasteiger partial charge in [-0.25, -0.2) is 4.79 Å². The van der Waals surface area contributed by atoms with Gasteiger partial charge >= 0.3 is 5.97 Å². The van der Waals surface area contributed by atoms with Crippen LogP contribution in [0.25, 0.3) is 0 Å². The van der Waals surface area contributed by atoms with E-state index in [2.05, 4.69) is 6.08 Å². The lowest BCUT2D eigenvalue weighted by atomic mass is 9.88. The molecule has 2 aliphatic rings. The van der Waals surface area contributed by atoms with Gasteiger partial charge in [-0.3, -0.25) is 4.79 Å². The van der Waals surface area contributed by atoms with Crippen LogP contribution in [0.4, 0.5) is 0 Å². The molecule has 0 saturated carbocycles. The largest absolute Gasteiger partial charge is 0.478 e. The third kappa shape index (κ3) is 4.71. The highest BCUT2D eigenvalue weighted by molar-refractivity contribution is 5.89. The Labute approximate surface area is 149 Å². The van der Waals surface area contributed by atoms with Gasteiger partial charge in [-0.2, -0.15) is 0 Å². The maximum atomic E-state index is 12.5. The topological polar surface area (TPSA) is 57.6 Å². The number of hydrogen-bond donors (Lipinski definition) is 1. The molecule has 4 nitrogen and oxygen atoms in total. The summed E-state index contributed by atoms with van der Waals surface area (Å²) in [5, 5.41) is 9.31. The van der Waals surface area contributed by atoms with Crippen LogP contribution in [-0.2, 0) is 11.2 Å². The monoisotopic (exact) mass is 341 g/mol. The molecule has 1 aliphatic carbocycles. The van der Waals surface area contributed by atoms with Crippen molar-refractivity contribution in [1.29, 1.82) is 0 Å². The Kier molecular flexibility index (Phi) is 5.90. The maximum absolute atomic E-state index is 12.5. The molecule has 134 valence electrons. The molecule has 1 heterocycles. The van der Waals surface area contributed by atoms with E-state index in [0.29, 0.717) is 17.9 Å². The van der Waals surface area contributed by atoms with Crippen molar-refractivity contribution in [2.75, 3.05) is 13.1 Å². The predicted molar refractivity (Wildman–Crippen MR) is 97.6 cm³/mol. The van der Waals surface area contributed by atoms with Gasteiger partial charge in [0.1, 0.15) is 0 Å². The Hall–Kier alpha value is -2.10. The zero-order valence-electron chi connectivity index (χ0n) is 14.7. The number of rotatable bonds is 5. The Balaban J connectivity index is 1.51. The van der Waals surface area contributed by atoms with Crippen LogP contribution in [0.3, 0.4) is 0 Å². The zero-order valence-corrected chi connectivity index (χ0v) is 14.7. The molecule has 0 unspecified atom stereocenters. The first kappa shape index (κ1) is 17.7. The highest BCUT2D eigenvalue weighted by Crippen LogP contribution is 2.26. The summed E-state index contributed by atoms with van der Waals surface area (Å²) in [6, 6.07) is 7.26. The number of hydrogen-bond acceptors (Lipinski definition) is 2. The normalized spacial score (nSPS) is 18.7. The van der Waals surface area contributed by atoms with Gasteiger partial charge in [-0.05, 0) is 62.5 Å². The van der Waals surface area contributed by atoms with Crippen LogP contribution < -0.4 is 0 Å². The molecule has 0 aromatic heterocycles. The molecule has 1 fully saturated rings. The molecule has 0 bridgehead atoms. The summed E-state index contributed by atoms with van der Waals surface area (Å²) < 4.78 is 0. The van der Waals surface area contributed by atoms with E-state index in [1.54, 1.807) is 12.1 Å². The van der Waals surface area contributed by atoms with Crippen LogP contribution >= 0.6 is 0 Å². The van der Waals surface area contributed by atoms with Gasteiger partial charge in [0.2, 0.25) is 5.91 Å². The fraction of sp³-hybridized carbons (Fsp3) is 0.524. The van der Waals surface area contributed by atoms with Crippen LogP contribution in [0.15, 0.2) is 35.9 Å². The number of carboxylic acid groups (broad SMARTS) is 1. The SMILES string of the molecule is O=C(O)c1ccccc1CC1CCN(C(=O)CC2=CCCCC2)CC1. The summed E-state index contributed by atoms with van der Waals surface area (Å²) in [7, 11) is 0. The molecule has 25 heavy (non-hydrogen) atoms. The third-order valence-electron chi connectivity index (χ3n) is 5.49. The van der Waals surface area contributed by atoms with Crippen molar-refractivity contribution >= 4 is 11.9 Å². The fourth-order valence-electron chi connectivity index (χ4n) is 3.98. The summed E-state index contributed by atoms with van der Waals surface area (Å²) >= 11 is 0. The van der Waals surface area contributed by atoms with Crippen molar-refractivity contribution in [3.63, 3.8) is 0 Å². The van der Waals surface area contributed by atoms with Gasteiger partial charge in [0.25, 0.3) is 0 Å². The van der Waals surface area contributed by atoms with Crippen LogP contribution in [0, 0.1) is 5.92 Å². The molecule has 3 rings (SSSR count). The number of nitrogens with zero attached hydrogens (tertiary/aromatic N) is 1. The van der Waals surface area contributed by atoms with Crippen molar-refractivity contribution < 1.29 is 14.7 Å². The van der Waals surface area contributed by atoms with E-state index in [4.69, 9.17) is 0 Å². The van der Waals surface area contributed by atoms with E-state index in [1.807, 2.05) is 17.0 Å². The van der Waals surface area contributed by atoms with Crippen molar-refractivity contribution in [2.24, 2.45) is 5.92 Å². The molecule has 0 atom stereocenters. The number of aromatic carboxylic acids is 1. The van der Waals surface area contributed by atoms with Crippen molar-refractivity contribution in [1.82, 2.24) is 4.90 Å². The Morgan fingerprint density at radius 2 is 1.88 bits per heavy atom. The number of carbonyl (C=O) groups is 2. The minimum absolute atomic E-state index is 0.262. The molecule has 1 aromatic rings. The number of carboxylic acids is 1. The fourth-order valence-corrected chi connectivity index (χ4v) is 3.98. The second-order valence-corrected chi connectivity index (χ2v) is 7.28. The van der Waals surface area contributed by atoms with Crippen molar-refractivity contribution in [3.05, 3.63) is 47.0 Å². The first-order valence-corrected chi connectivity index (χ1v) is 9.40. The van der Waals surface area contributed by atoms with E-state index in [9.17, 15) is 14.7 Å². The Bertz CT molecular complexity index is 657. The third-order valence-corrected chi connectivity index (χ3v) is 5.49. The molecular formula is C21H27NO3. The summed E-state index contributed by atoms with van der Waals surface area (Å²) in [6.07, 6.45) is 10.2. The van der Waals surface area contributed by atoms with Crippen molar-refractivity contribution in [3.8, 4) is 0 Å². The predicted octanol–water partition coefficient (Wildman–Crippen LogP) is 4.06. The van der Waals surface area contributed by atoms with E-state index < -0.39 is 5.97 Å². The summed E-state index contributed by atoms with van der Waals surface area (Å²) in [4.78, 5) is 25.8. The second-order valence-electron chi connectivity index (χ2n) is 7.28. The average molecular weight is 341 g/mol. The van der Waals surface area contributed by atoms with Gasteiger partial charge in [-0.1, -0.05) is 29.8 Å². The molecule has 1 N–H and O–H groups in total. The standard InChI is InChI=1S/C21H27NO3/c23-20(15-16-6-2-1-3-7-16)22-12-10-17(11-13-22)14-18-8-4-5-9-19(18)21(24)25/h4-6,8-9,17H,1-3,7,10-15H2,(H,24,25). The lowest BCUT2D eigenvalue weighted by Crippen LogP contribution is -2.39. The smallest absolute Gasteiger partial charge is 0.335 e. The minimum Gasteiger partial charge on any atom is -0.478 e. The Morgan fingerprint density at radius 3 is 2.56 bits per heavy atom. The first-order valence-electron chi connectivity index (χ1n) is 9.40. The summed E-state index contributed by atoms with van der Waals surface area (Å²) in [5.74, 6) is -0.139. The average Bonchev–Trinajstić information content (AvgIpc) is 2.63. The first-order chi connectivity index (χ1) is 12.1. The zero-order chi connectivity index (χ0) is 17.6.